The zero-order chi connectivity index (χ0) is 18.4. The van der Waals surface area contributed by atoms with Gasteiger partial charge in [0.05, 0.1) is 10.6 Å². The maximum Gasteiger partial charge on any atom is 0.277 e. The quantitative estimate of drug-likeness (QED) is 0.451. The summed E-state index contributed by atoms with van der Waals surface area (Å²) >= 11 is 3.36. The molecule has 1 N–H and O–H groups in total. The molecule has 2 aromatic rings. The summed E-state index contributed by atoms with van der Waals surface area (Å²) in [7, 11) is 0. The highest BCUT2D eigenvalue weighted by Crippen LogP contribution is 2.22. The highest BCUT2D eigenvalue weighted by Gasteiger charge is 2.08. The molecule has 0 aliphatic heterocycles. The minimum absolute atomic E-state index is 0.0348. The number of amides is 1. The van der Waals surface area contributed by atoms with Gasteiger partial charge < -0.3 is 4.74 Å². The molecule has 0 atom stereocenters. The minimum atomic E-state index is -0.482. The lowest BCUT2D eigenvalue weighted by atomic mass is 10.1. The highest BCUT2D eigenvalue weighted by molar-refractivity contribution is 9.10. The Hall–Kier alpha value is -2.74. The smallest absolute Gasteiger partial charge is 0.277 e. The molecule has 130 valence electrons. The molecule has 0 heterocycles. The molecule has 0 saturated carbocycles. The van der Waals surface area contributed by atoms with Gasteiger partial charge in [0.2, 0.25) is 0 Å². The van der Waals surface area contributed by atoms with Gasteiger partial charge in [0, 0.05) is 22.2 Å². The van der Waals surface area contributed by atoms with Crippen LogP contribution in [0.2, 0.25) is 0 Å². The van der Waals surface area contributed by atoms with Gasteiger partial charge in [-0.2, -0.15) is 5.10 Å². The monoisotopic (exact) mass is 405 g/mol. The first-order valence-corrected chi connectivity index (χ1v) is 8.13. The normalized spacial score (nSPS) is 11.1. The number of hydrogen-bond donors (Lipinski definition) is 1. The Balaban J connectivity index is 1.95. The fourth-order valence-electron chi connectivity index (χ4n) is 2.01. The van der Waals surface area contributed by atoms with E-state index in [2.05, 4.69) is 26.5 Å². The SMILES string of the molecule is CC(=NNC(=O)COc1ccc(Br)cc1C)c1cccc([N+](=O)[O-])c1. The van der Waals surface area contributed by atoms with E-state index in [1.807, 2.05) is 19.1 Å². The van der Waals surface area contributed by atoms with Gasteiger partial charge >= 0.3 is 0 Å². The molecule has 2 aromatic carbocycles. The number of nitro groups is 1. The second-order valence-electron chi connectivity index (χ2n) is 5.24. The van der Waals surface area contributed by atoms with Crippen molar-refractivity contribution >= 4 is 33.2 Å². The number of nitrogens with zero attached hydrogens (tertiary/aromatic N) is 2. The van der Waals surface area contributed by atoms with Crippen LogP contribution in [-0.4, -0.2) is 23.1 Å². The number of rotatable bonds is 6. The molecule has 0 aliphatic rings. The van der Waals surface area contributed by atoms with E-state index >= 15 is 0 Å². The molecule has 0 spiro atoms. The van der Waals surface area contributed by atoms with Gasteiger partial charge in [0.15, 0.2) is 6.61 Å². The van der Waals surface area contributed by atoms with E-state index < -0.39 is 10.8 Å². The second-order valence-corrected chi connectivity index (χ2v) is 6.15. The maximum atomic E-state index is 11.8. The van der Waals surface area contributed by atoms with Gasteiger partial charge in [0.25, 0.3) is 11.6 Å². The largest absolute Gasteiger partial charge is 0.483 e. The van der Waals surface area contributed by atoms with E-state index in [9.17, 15) is 14.9 Å². The summed E-state index contributed by atoms with van der Waals surface area (Å²) in [5, 5.41) is 14.7. The van der Waals surface area contributed by atoms with E-state index in [4.69, 9.17) is 4.74 Å². The molecular formula is C17H16BrN3O4. The predicted octanol–water partition coefficient (Wildman–Crippen LogP) is 3.58. The first kappa shape index (κ1) is 18.6. The molecular weight excluding hydrogens is 390 g/mol. The molecule has 8 heteroatoms. The molecule has 0 fully saturated rings. The number of hydrogen-bond acceptors (Lipinski definition) is 5. The summed E-state index contributed by atoms with van der Waals surface area (Å²) < 4.78 is 6.38. The van der Waals surface area contributed by atoms with E-state index in [1.54, 1.807) is 25.1 Å². The lowest BCUT2D eigenvalue weighted by Gasteiger charge is -2.08. The van der Waals surface area contributed by atoms with Gasteiger partial charge in [-0.3, -0.25) is 14.9 Å². The summed E-state index contributed by atoms with van der Waals surface area (Å²) in [5.74, 6) is 0.185. The van der Waals surface area contributed by atoms with Crippen LogP contribution in [0.4, 0.5) is 5.69 Å². The third-order valence-electron chi connectivity index (χ3n) is 3.32. The number of ether oxygens (including phenoxy) is 1. The molecule has 2 rings (SSSR count). The average Bonchev–Trinajstić information content (AvgIpc) is 2.59. The standard InChI is InChI=1S/C17H16BrN3O4/c1-11-8-14(18)6-7-16(11)25-10-17(22)20-19-12(2)13-4-3-5-15(9-13)21(23)24/h3-9H,10H2,1-2H3,(H,20,22). The fourth-order valence-corrected chi connectivity index (χ4v) is 2.48. The van der Waals surface area contributed by atoms with Crippen molar-refractivity contribution in [1.29, 1.82) is 0 Å². The van der Waals surface area contributed by atoms with Crippen LogP contribution < -0.4 is 10.2 Å². The topological polar surface area (TPSA) is 93.8 Å². The second kappa shape index (κ2) is 8.39. The molecule has 7 nitrogen and oxygen atoms in total. The van der Waals surface area contributed by atoms with Crippen molar-refractivity contribution in [2.75, 3.05) is 6.61 Å². The van der Waals surface area contributed by atoms with Crippen molar-refractivity contribution in [3.8, 4) is 5.75 Å². The number of nitro benzene ring substituents is 1. The van der Waals surface area contributed by atoms with Crippen molar-refractivity contribution in [1.82, 2.24) is 5.43 Å². The number of carbonyl (C=O) groups excluding carboxylic acids is 1. The third-order valence-corrected chi connectivity index (χ3v) is 3.81. The van der Waals surface area contributed by atoms with E-state index in [1.165, 1.54) is 12.1 Å². The summed E-state index contributed by atoms with van der Waals surface area (Å²) in [5.41, 5.74) is 4.25. The van der Waals surface area contributed by atoms with Crippen molar-refractivity contribution in [2.45, 2.75) is 13.8 Å². The Morgan fingerprint density at radius 2 is 2.08 bits per heavy atom. The van der Waals surface area contributed by atoms with Gasteiger partial charge in [-0.05, 0) is 37.6 Å². The van der Waals surface area contributed by atoms with Gasteiger partial charge in [-0.25, -0.2) is 5.43 Å². The lowest BCUT2D eigenvalue weighted by Crippen LogP contribution is -2.25. The number of hydrazone groups is 1. The van der Waals surface area contributed by atoms with Crippen LogP contribution in [-0.2, 0) is 4.79 Å². The molecule has 25 heavy (non-hydrogen) atoms. The van der Waals surface area contributed by atoms with Crippen LogP contribution in [0.3, 0.4) is 0 Å². The van der Waals surface area contributed by atoms with Crippen LogP contribution in [0.1, 0.15) is 18.1 Å². The first-order chi connectivity index (χ1) is 11.9. The van der Waals surface area contributed by atoms with Gasteiger partial charge in [-0.15, -0.1) is 0 Å². The first-order valence-electron chi connectivity index (χ1n) is 7.33. The van der Waals surface area contributed by atoms with Crippen LogP contribution >= 0.6 is 15.9 Å². The summed E-state index contributed by atoms with van der Waals surface area (Å²) in [6, 6.07) is 11.5. The summed E-state index contributed by atoms with van der Waals surface area (Å²) in [6.45, 7) is 3.34. The predicted molar refractivity (Wildman–Crippen MR) is 97.8 cm³/mol. The van der Waals surface area contributed by atoms with Crippen molar-refractivity contribution in [3.05, 3.63) is 68.2 Å². The molecule has 0 bridgehead atoms. The van der Waals surface area contributed by atoms with Gasteiger partial charge in [0.1, 0.15) is 5.75 Å². The minimum Gasteiger partial charge on any atom is -0.483 e. The Morgan fingerprint density at radius 3 is 2.76 bits per heavy atom. The van der Waals surface area contributed by atoms with E-state index in [-0.39, 0.29) is 12.3 Å². The lowest BCUT2D eigenvalue weighted by molar-refractivity contribution is -0.384. The third kappa shape index (κ3) is 5.39. The average molecular weight is 406 g/mol. The van der Waals surface area contributed by atoms with Crippen LogP contribution in [0.25, 0.3) is 0 Å². The van der Waals surface area contributed by atoms with Crippen LogP contribution in [0.5, 0.6) is 5.75 Å². The van der Waals surface area contributed by atoms with E-state index in [0.717, 1.165) is 10.0 Å². The summed E-state index contributed by atoms with van der Waals surface area (Å²) in [4.78, 5) is 22.1. The number of nitrogens with one attached hydrogen (secondary N) is 1. The Bertz CT molecular complexity index is 836. The molecule has 0 aliphatic carbocycles. The fraction of sp³-hybridized carbons (Fsp3) is 0.176. The van der Waals surface area contributed by atoms with Crippen molar-refractivity contribution in [2.24, 2.45) is 5.10 Å². The van der Waals surface area contributed by atoms with Crippen molar-refractivity contribution in [3.63, 3.8) is 0 Å². The molecule has 0 unspecified atom stereocenters. The molecule has 0 saturated heterocycles. The number of benzene rings is 2. The van der Waals surface area contributed by atoms with Crippen LogP contribution in [0, 0.1) is 17.0 Å². The number of carbonyl (C=O) groups is 1. The molecule has 0 aromatic heterocycles. The highest BCUT2D eigenvalue weighted by atomic mass is 79.9. The molecule has 1 amide bonds. The number of aryl methyl sites for hydroxylation is 1. The number of halogens is 1. The Morgan fingerprint density at radius 1 is 1.32 bits per heavy atom. The maximum absolute atomic E-state index is 11.8. The Labute approximate surface area is 153 Å². The van der Waals surface area contributed by atoms with Crippen LogP contribution in [0.15, 0.2) is 52.0 Å². The van der Waals surface area contributed by atoms with Gasteiger partial charge in [-0.1, -0.05) is 28.1 Å². The summed E-state index contributed by atoms with van der Waals surface area (Å²) in [6.07, 6.45) is 0. The zero-order valence-electron chi connectivity index (χ0n) is 13.7. The van der Waals surface area contributed by atoms with E-state index in [0.29, 0.717) is 17.0 Å². The zero-order valence-corrected chi connectivity index (χ0v) is 15.2. The Kier molecular flexibility index (Phi) is 6.24. The number of non-ortho nitro benzene ring substituents is 1. The molecule has 0 radical (unpaired) electrons. The van der Waals surface area contributed by atoms with Crippen molar-refractivity contribution < 1.29 is 14.5 Å².